The summed E-state index contributed by atoms with van der Waals surface area (Å²) >= 11 is 0. The zero-order chi connectivity index (χ0) is 16.3. The Labute approximate surface area is 132 Å². The highest BCUT2D eigenvalue weighted by molar-refractivity contribution is 5.68. The van der Waals surface area contributed by atoms with Crippen LogP contribution in [0, 0.1) is 5.92 Å². The fourth-order valence-corrected chi connectivity index (χ4v) is 2.77. The largest absolute Gasteiger partial charge is 0.444 e. The number of amides is 1. The fraction of sp³-hybridized carbons (Fsp3) is 0.750. The van der Waals surface area contributed by atoms with Gasteiger partial charge in [-0.25, -0.2) is 4.79 Å². The predicted molar refractivity (Wildman–Crippen MR) is 83.4 cm³/mol. The number of hydrogen-bond donors (Lipinski definition) is 1. The molecule has 0 saturated carbocycles. The minimum Gasteiger partial charge on any atom is -0.444 e. The first-order valence-electron chi connectivity index (χ1n) is 7.99. The minimum atomic E-state index is -0.596. The number of likely N-dealkylation sites (tertiary alicyclic amines) is 1. The second-order valence-electron chi connectivity index (χ2n) is 6.90. The van der Waals surface area contributed by atoms with Gasteiger partial charge in [0.25, 0.3) is 0 Å². The summed E-state index contributed by atoms with van der Waals surface area (Å²) in [5.41, 5.74) is 0.339. The molecule has 2 heterocycles. The van der Waals surface area contributed by atoms with Crippen LogP contribution in [0.5, 0.6) is 0 Å². The van der Waals surface area contributed by atoms with Crippen molar-refractivity contribution in [3.05, 3.63) is 18.0 Å². The van der Waals surface area contributed by atoms with Gasteiger partial charge in [-0.1, -0.05) is 6.92 Å². The Bertz CT molecular complexity index is 507. The van der Waals surface area contributed by atoms with E-state index in [1.54, 1.807) is 11.1 Å². The maximum Gasteiger partial charge on any atom is 0.410 e. The Morgan fingerprint density at radius 3 is 2.91 bits per heavy atom. The highest BCUT2D eigenvalue weighted by Crippen LogP contribution is 2.30. The molecule has 2 rings (SSSR count). The summed E-state index contributed by atoms with van der Waals surface area (Å²) in [6, 6.07) is 1.86. The lowest BCUT2D eigenvalue weighted by Crippen LogP contribution is -2.35. The highest BCUT2D eigenvalue weighted by atomic mass is 16.6. The summed E-state index contributed by atoms with van der Waals surface area (Å²) in [6.45, 7) is 9.59. The Balaban J connectivity index is 1.97. The van der Waals surface area contributed by atoms with E-state index in [2.05, 4.69) is 12.0 Å². The van der Waals surface area contributed by atoms with Crippen molar-refractivity contribution in [2.24, 2.45) is 5.92 Å². The number of aliphatic hydroxyl groups excluding tert-OH is 1. The van der Waals surface area contributed by atoms with Gasteiger partial charge in [0.2, 0.25) is 0 Å². The van der Waals surface area contributed by atoms with E-state index in [4.69, 9.17) is 4.74 Å². The van der Waals surface area contributed by atoms with Gasteiger partial charge in [-0.15, -0.1) is 0 Å². The highest BCUT2D eigenvalue weighted by Gasteiger charge is 2.34. The third-order valence-electron chi connectivity index (χ3n) is 3.81. The molecule has 0 aromatic carbocycles. The Kier molecular flexibility index (Phi) is 5.11. The molecular formula is C16H27N3O3. The van der Waals surface area contributed by atoms with Gasteiger partial charge >= 0.3 is 6.09 Å². The molecule has 0 aliphatic carbocycles. The molecule has 1 amide bonds. The molecule has 1 aromatic heterocycles. The van der Waals surface area contributed by atoms with E-state index in [-0.39, 0.29) is 12.0 Å². The molecular weight excluding hydrogens is 282 g/mol. The first kappa shape index (κ1) is 16.8. The van der Waals surface area contributed by atoms with E-state index in [9.17, 15) is 9.90 Å². The van der Waals surface area contributed by atoms with E-state index in [0.29, 0.717) is 13.1 Å². The van der Waals surface area contributed by atoms with Crippen molar-refractivity contribution in [2.75, 3.05) is 13.1 Å². The average molecular weight is 309 g/mol. The van der Waals surface area contributed by atoms with Gasteiger partial charge in [-0.2, -0.15) is 5.10 Å². The molecule has 124 valence electrons. The van der Waals surface area contributed by atoms with Gasteiger partial charge in [0.1, 0.15) is 11.7 Å². The van der Waals surface area contributed by atoms with Crippen LogP contribution in [-0.2, 0) is 11.3 Å². The van der Waals surface area contributed by atoms with Gasteiger partial charge in [0, 0.05) is 31.7 Å². The fourth-order valence-electron chi connectivity index (χ4n) is 2.77. The molecule has 1 aromatic rings. The quantitative estimate of drug-likeness (QED) is 0.928. The van der Waals surface area contributed by atoms with Crippen molar-refractivity contribution in [1.29, 1.82) is 0 Å². The number of aliphatic hydroxyl groups is 1. The molecule has 0 spiro atoms. The van der Waals surface area contributed by atoms with Gasteiger partial charge in [0.05, 0.1) is 5.69 Å². The van der Waals surface area contributed by atoms with Crippen LogP contribution >= 0.6 is 0 Å². The molecule has 0 bridgehead atoms. The smallest absolute Gasteiger partial charge is 0.410 e. The van der Waals surface area contributed by atoms with E-state index >= 15 is 0 Å². The first-order chi connectivity index (χ1) is 10.3. The van der Waals surface area contributed by atoms with Gasteiger partial charge in [-0.05, 0) is 39.7 Å². The molecule has 6 heteroatoms. The summed E-state index contributed by atoms with van der Waals surface area (Å²) < 4.78 is 7.24. The van der Waals surface area contributed by atoms with Crippen LogP contribution in [0.15, 0.2) is 12.3 Å². The van der Waals surface area contributed by atoms with Crippen LogP contribution in [0.3, 0.4) is 0 Å². The summed E-state index contributed by atoms with van der Waals surface area (Å²) in [5.74, 6) is 0.0276. The number of carbonyl (C=O) groups is 1. The minimum absolute atomic E-state index is 0.0276. The van der Waals surface area contributed by atoms with Crippen LogP contribution in [0.25, 0.3) is 0 Å². The molecule has 1 saturated heterocycles. The van der Waals surface area contributed by atoms with Gasteiger partial charge in [0.15, 0.2) is 0 Å². The number of carbonyl (C=O) groups excluding carboxylic acids is 1. The van der Waals surface area contributed by atoms with Crippen LogP contribution in [0.1, 0.15) is 52.3 Å². The lowest BCUT2D eigenvalue weighted by Gasteiger charge is -2.25. The molecule has 0 radical (unpaired) electrons. The normalized spacial score (nSPS) is 20.2. The monoisotopic (exact) mass is 309 g/mol. The van der Waals surface area contributed by atoms with E-state index < -0.39 is 11.7 Å². The van der Waals surface area contributed by atoms with Crippen LogP contribution in [-0.4, -0.2) is 44.6 Å². The number of ether oxygens (including phenoxy) is 1. The van der Waals surface area contributed by atoms with Crippen molar-refractivity contribution in [3.63, 3.8) is 0 Å². The summed E-state index contributed by atoms with van der Waals surface area (Å²) in [6.07, 6.45) is 2.56. The second kappa shape index (κ2) is 6.69. The lowest BCUT2D eigenvalue weighted by atomic mass is 9.99. The summed E-state index contributed by atoms with van der Waals surface area (Å²) in [5, 5.41) is 14.9. The Morgan fingerprint density at radius 2 is 2.27 bits per heavy atom. The van der Waals surface area contributed by atoms with Crippen LogP contribution < -0.4 is 0 Å². The zero-order valence-corrected chi connectivity index (χ0v) is 14.0. The molecule has 6 nitrogen and oxygen atoms in total. The molecule has 2 unspecified atom stereocenters. The predicted octanol–water partition coefficient (Wildman–Crippen LogP) is 2.58. The second-order valence-corrected chi connectivity index (χ2v) is 6.90. The van der Waals surface area contributed by atoms with Crippen molar-refractivity contribution in [3.8, 4) is 0 Å². The SMILES string of the molecule is CCCn1nccc1C(O)C1CCN(C(=O)OC(C)(C)C)C1. The van der Waals surface area contributed by atoms with E-state index in [1.807, 2.05) is 31.5 Å². The third-order valence-corrected chi connectivity index (χ3v) is 3.81. The molecule has 1 aliphatic rings. The molecule has 22 heavy (non-hydrogen) atoms. The number of aromatic nitrogens is 2. The number of nitrogens with zero attached hydrogens (tertiary/aromatic N) is 3. The summed E-state index contributed by atoms with van der Waals surface area (Å²) in [7, 11) is 0. The third kappa shape index (κ3) is 4.00. The number of aryl methyl sites for hydroxylation is 1. The van der Waals surface area contributed by atoms with Crippen molar-refractivity contribution < 1.29 is 14.6 Å². The van der Waals surface area contributed by atoms with E-state index in [1.165, 1.54) is 0 Å². The molecule has 1 fully saturated rings. The van der Waals surface area contributed by atoms with Crippen molar-refractivity contribution in [2.45, 2.75) is 58.8 Å². The van der Waals surface area contributed by atoms with Gasteiger partial charge in [-0.3, -0.25) is 4.68 Å². The van der Waals surface area contributed by atoms with E-state index in [0.717, 1.165) is 25.1 Å². The first-order valence-corrected chi connectivity index (χ1v) is 7.99. The van der Waals surface area contributed by atoms with Gasteiger partial charge < -0.3 is 14.7 Å². The Morgan fingerprint density at radius 1 is 1.55 bits per heavy atom. The zero-order valence-electron chi connectivity index (χ0n) is 14.0. The number of hydrogen-bond acceptors (Lipinski definition) is 4. The van der Waals surface area contributed by atoms with Crippen molar-refractivity contribution in [1.82, 2.24) is 14.7 Å². The topological polar surface area (TPSA) is 67.6 Å². The molecule has 1 aliphatic heterocycles. The molecule has 2 atom stereocenters. The summed E-state index contributed by atoms with van der Waals surface area (Å²) in [4.78, 5) is 13.8. The standard InChI is InChI=1S/C16H27N3O3/c1-5-9-19-13(6-8-17-19)14(20)12-7-10-18(11-12)15(21)22-16(2,3)4/h6,8,12,14,20H,5,7,9-11H2,1-4H3. The lowest BCUT2D eigenvalue weighted by molar-refractivity contribution is 0.0265. The maximum atomic E-state index is 12.1. The van der Waals surface area contributed by atoms with Crippen molar-refractivity contribution >= 4 is 6.09 Å². The van der Waals surface area contributed by atoms with Crippen LogP contribution in [0.2, 0.25) is 0 Å². The Hall–Kier alpha value is -1.56. The number of rotatable bonds is 4. The van der Waals surface area contributed by atoms with Crippen LogP contribution in [0.4, 0.5) is 4.79 Å². The average Bonchev–Trinajstić information content (AvgIpc) is 3.05. The maximum absolute atomic E-state index is 12.1. The molecule has 1 N–H and O–H groups in total.